The third-order valence-corrected chi connectivity index (χ3v) is 12.7. The van der Waals surface area contributed by atoms with Crippen molar-refractivity contribution in [3.63, 3.8) is 0 Å². The van der Waals surface area contributed by atoms with Gasteiger partial charge in [-0.15, -0.1) is 0 Å². The van der Waals surface area contributed by atoms with Crippen LogP contribution >= 0.6 is 0 Å². The number of aliphatic hydroxyl groups is 4. The monoisotopic (exact) mass is 885 g/mol. The predicted molar refractivity (Wildman–Crippen MR) is 252 cm³/mol. The highest BCUT2D eigenvalue weighted by Crippen LogP contribution is 2.23. The van der Waals surface area contributed by atoms with Crippen LogP contribution < -0.4 is 0 Å². The van der Waals surface area contributed by atoms with Crippen LogP contribution in [-0.2, 0) is 28.5 Å². The second-order valence-electron chi connectivity index (χ2n) is 18.7. The van der Waals surface area contributed by atoms with Gasteiger partial charge in [0.25, 0.3) is 0 Å². The SMILES string of the molecule is CCCCCCCCCCCCCCCCCCCCCC(=O)OC[C@@H](CO[C@H]1O[C@@H](CO)[C@@H](O)C(O)C1O)OC(=O)CCCCCCCCCCCCCCCCCCCC. The first-order valence-electron chi connectivity index (χ1n) is 26.6. The van der Waals surface area contributed by atoms with Gasteiger partial charge in [-0.3, -0.25) is 9.59 Å². The first-order chi connectivity index (χ1) is 30.3. The first kappa shape index (κ1) is 58.7. The summed E-state index contributed by atoms with van der Waals surface area (Å²) in [6.45, 7) is 3.49. The summed E-state index contributed by atoms with van der Waals surface area (Å²) in [6.07, 6.45) is 39.7. The summed E-state index contributed by atoms with van der Waals surface area (Å²) in [6, 6.07) is 0. The van der Waals surface area contributed by atoms with Gasteiger partial charge in [-0.05, 0) is 12.8 Å². The molecule has 10 heteroatoms. The number of rotatable bonds is 46. The molecule has 368 valence electrons. The fraction of sp³-hybridized carbons (Fsp3) is 0.962. The lowest BCUT2D eigenvalue weighted by molar-refractivity contribution is -0.305. The second kappa shape index (κ2) is 43.6. The molecule has 1 aliphatic heterocycles. The van der Waals surface area contributed by atoms with E-state index in [0.717, 1.165) is 38.5 Å². The average molecular weight is 885 g/mol. The van der Waals surface area contributed by atoms with E-state index in [-0.39, 0.29) is 32.0 Å². The van der Waals surface area contributed by atoms with Crippen molar-refractivity contribution in [2.75, 3.05) is 19.8 Å². The summed E-state index contributed by atoms with van der Waals surface area (Å²) in [7, 11) is 0. The molecule has 1 rings (SSSR count). The minimum atomic E-state index is -1.59. The molecule has 10 nitrogen and oxygen atoms in total. The Morgan fingerprint density at radius 3 is 1.10 bits per heavy atom. The summed E-state index contributed by atoms with van der Waals surface area (Å²) in [5, 5.41) is 40.2. The second-order valence-corrected chi connectivity index (χ2v) is 18.7. The topological polar surface area (TPSA) is 152 Å². The zero-order valence-electron chi connectivity index (χ0n) is 40.4. The van der Waals surface area contributed by atoms with E-state index in [1.165, 1.54) is 193 Å². The van der Waals surface area contributed by atoms with Gasteiger partial charge in [0.15, 0.2) is 12.4 Å². The summed E-state index contributed by atoms with van der Waals surface area (Å²) in [4.78, 5) is 25.5. The Labute approximate surface area is 380 Å². The van der Waals surface area contributed by atoms with Crippen LogP contribution in [0.25, 0.3) is 0 Å². The molecule has 62 heavy (non-hydrogen) atoms. The number of carbonyl (C=O) groups is 2. The maximum Gasteiger partial charge on any atom is 0.306 e. The van der Waals surface area contributed by atoms with Crippen molar-refractivity contribution in [3.05, 3.63) is 0 Å². The molecule has 1 heterocycles. The number of unbranched alkanes of at least 4 members (excludes halogenated alkanes) is 35. The van der Waals surface area contributed by atoms with Crippen molar-refractivity contribution in [2.24, 2.45) is 0 Å². The van der Waals surface area contributed by atoms with E-state index in [1.807, 2.05) is 0 Å². The molecule has 1 aliphatic rings. The number of hydrogen-bond acceptors (Lipinski definition) is 10. The van der Waals surface area contributed by atoms with Crippen molar-refractivity contribution in [3.8, 4) is 0 Å². The van der Waals surface area contributed by atoms with E-state index in [1.54, 1.807) is 0 Å². The molecule has 6 atom stereocenters. The molecule has 0 aromatic carbocycles. The van der Waals surface area contributed by atoms with Crippen LogP contribution in [0.2, 0.25) is 0 Å². The molecule has 0 aliphatic carbocycles. The highest BCUT2D eigenvalue weighted by atomic mass is 16.7. The highest BCUT2D eigenvalue weighted by molar-refractivity contribution is 5.70. The van der Waals surface area contributed by atoms with E-state index in [0.29, 0.717) is 6.42 Å². The Morgan fingerprint density at radius 1 is 0.435 bits per heavy atom. The number of ether oxygens (including phenoxy) is 4. The molecule has 0 aromatic heterocycles. The van der Waals surface area contributed by atoms with Gasteiger partial charge in [-0.1, -0.05) is 239 Å². The van der Waals surface area contributed by atoms with Crippen molar-refractivity contribution in [2.45, 2.75) is 301 Å². The third kappa shape index (κ3) is 34.1. The predicted octanol–water partition coefficient (Wildman–Crippen LogP) is 12.5. The fourth-order valence-corrected chi connectivity index (χ4v) is 8.55. The van der Waals surface area contributed by atoms with Crippen LogP contribution in [0.15, 0.2) is 0 Å². The summed E-state index contributed by atoms with van der Waals surface area (Å²) >= 11 is 0. The summed E-state index contributed by atoms with van der Waals surface area (Å²) < 4.78 is 22.3. The van der Waals surface area contributed by atoms with Crippen molar-refractivity contribution in [1.82, 2.24) is 0 Å². The molecular weight excluding hydrogens is 785 g/mol. The fourth-order valence-electron chi connectivity index (χ4n) is 8.55. The lowest BCUT2D eigenvalue weighted by Gasteiger charge is -2.39. The quantitative estimate of drug-likeness (QED) is 0.0343. The molecule has 2 unspecified atom stereocenters. The molecular formula is C52H100O10. The van der Waals surface area contributed by atoms with Crippen LogP contribution in [0.4, 0.5) is 0 Å². The van der Waals surface area contributed by atoms with Crippen molar-refractivity contribution in [1.29, 1.82) is 0 Å². The lowest BCUT2D eigenvalue weighted by Crippen LogP contribution is -2.59. The number of esters is 2. The highest BCUT2D eigenvalue weighted by Gasteiger charge is 2.44. The van der Waals surface area contributed by atoms with Crippen molar-refractivity contribution < 1.29 is 49.0 Å². The van der Waals surface area contributed by atoms with Crippen LogP contribution in [0.5, 0.6) is 0 Å². The Morgan fingerprint density at radius 2 is 0.758 bits per heavy atom. The van der Waals surface area contributed by atoms with Crippen molar-refractivity contribution >= 4 is 11.9 Å². The molecule has 0 bridgehead atoms. The van der Waals surface area contributed by atoms with E-state index in [9.17, 15) is 30.0 Å². The Balaban J connectivity index is 2.22. The molecule has 1 fully saturated rings. The van der Waals surface area contributed by atoms with E-state index in [4.69, 9.17) is 18.9 Å². The number of aliphatic hydroxyl groups excluding tert-OH is 4. The van der Waals surface area contributed by atoms with E-state index < -0.39 is 49.4 Å². The molecule has 1 saturated heterocycles. The van der Waals surface area contributed by atoms with E-state index in [2.05, 4.69) is 13.8 Å². The Hall–Kier alpha value is -1.30. The molecule has 0 aromatic rings. The molecule has 0 saturated carbocycles. The van der Waals surface area contributed by atoms with Crippen LogP contribution in [0, 0.1) is 0 Å². The van der Waals surface area contributed by atoms with Gasteiger partial charge >= 0.3 is 11.9 Å². The zero-order chi connectivity index (χ0) is 45.1. The minimum Gasteiger partial charge on any atom is -0.462 e. The largest absolute Gasteiger partial charge is 0.462 e. The van der Waals surface area contributed by atoms with Gasteiger partial charge < -0.3 is 39.4 Å². The minimum absolute atomic E-state index is 0.208. The van der Waals surface area contributed by atoms with Crippen LogP contribution in [-0.4, -0.2) is 89.0 Å². The summed E-state index contributed by atoms with van der Waals surface area (Å²) in [5.74, 6) is -0.784. The molecule has 4 N–H and O–H groups in total. The zero-order valence-corrected chi connectivity index (χ0v) is 40.4. The number of carbonyl (C=O) groups excluding carboxylic acids is 2. The van der Waals surface area contributed by atoms with Crippen LogP contribution in [0.3, 0.4) is 0 Å². The van der Waals surface area contributed by atoms with Gasteiger partial charge in [0.05, 0.1) is 13.2 Å². The number of hydrogen-bond donors (Lipinski definition) is 4. The Bertz CT molecular complexity index is 979. The summed E-state index contributed by atoms with van der Waals surface area (Å²) in [5.41, 5.74) is 0. The normalized spacial score (nSPS) is 19.5. The Kier molecular flexibility index (Phi) is 41.3. The van der Waals surface area contributed by atoms with E-state index >= 15 is 0 Å². The lowest BCUT2D eigenvalue weighted by atomic mass is 9.99. The standard InChI is InChI=1S/C52H100O10/c1-3-5-7-9-11-13-15-17-19-21-23-25-26-28-30-32-34-36-38-40-47(54)59-43-45(44-60-52-51(58)50(57)49(56)46(42-53)62-52)61-48(55)41-39-37-35-33-31-29-27-24-22-20-18-16-14-12-10-8-6-4-2/h45-46,49-53,56-58H,3-44H2,1-2H3/t45-,46-,49+,50?,51?,52-/m0/s1. The molecule has 0 radical (unpaired) electrons. The van der Waals surface area contributed by atoms with Gasteiger partial charge in [-0.2, -0.15) is 0 Å². The molecule has 0 amide bonds. The average Bonchev–Trinajstić information content (AvgIpc) is 3.27. The maximum absolute atomic E-state index is 12.8. The molecule has 0 spiro atoms. The van der Waals surface area contributed by atoms with Gasteiger partial charge in [0.1, 0.15) is 31.0 Å². The van der Waals surface area contributed by atoms with Crippen LogP contribution in [0.1, 0.15) is 264 Å². The van der Waals surface area contributed by atoms with Gasteiger partial charge in [0, 0.05) is 12.8 Å². The third-order valence-electron chi connectivity index (χ3n) is 12.7. The smallest absolute Gasteiger partial charge is 0.306 e. The maximum atomic E-state index is 12.8. The van der Waals surface area contributed by atoms with Gasteiger partial charge in [-0.25, -0.2) is 0 Å². The van der Waals surface area contributed by atoms with Gasteiger partial charge in [0.2, 0.25) is 0 Å². The first-order valence-corrected chi connectivity index (χ1v) is 26.6.